The van der Waals surface area contributed by atoms with Crippen molar-refractivity contribution >= 4 is 56.7 Å². The first-order chi connectivity index (χ1) is 10.8. The van der Waals surface area contributed by atoms with Crippen molar-refractivity contribution in [2.45, 2.75) is 24.5 Å². The molecule has 14 heteroatoms. The quantitative estimate of drug-likeness (QED) is 0.347. The fourth-order valence-corrected chi connectivity index (χ4v) is 2.64. The van der Waals surface area contributed by atoms with E-state index < -0.39 is 44.5 Å². The second-order valence-corrected chi connectivity index (χ2v) is 6.00. The van der Waals surface area contributed by atoms with E-state index in [9.17, 15) is 29.4 Å². The zero-order valence-corrected chi connectivity index (χ0v) is 15.1. The SMILES string of the molecule is O=c1[nH]cnc2c1ncn2[C@@H]1O[C@H](COP(=O)([O-])[O-])[C@@H](O)[C@H]1O.[Ca+2]. The molecule has 4 atom stereocenters. The number of nitrogens with zero attached hydrogens (tertiary/aromatic N) is 3. The molecule has 2 aromatic rings. The molecule has 1 aliphatic rings. The second kappa shape index (κ2) is 7.46. The van der Waals surface area contributed by atoms with Gasteiger partial charge in [0, 0.05) is 0 Å². The van der Waals surface area contributed by atoms with Crippen molar-refractivity contribution in [2.75, 3.05) is 6.61 Å². The number of fused-ring (bicyclic) bond motifs is 1. The van der Waals surface area contributed by atoms with Gasteiger partial charge in [0.2, 0.25) is 0 Å². The van der Waals surface area contributed by atoms with Gasteiger partial charge in [0.25, 0.3) is 5.56 Å². The molecule has 2 aromatic heterocycles. The van der Waals surface area contributed by atoms with E-state index in [2.05, 4.69) is 19.5 Å². The second-order valence-electron chi connectivity index (χ2n) is 4.84. The number of imidazole rings is 1. The van der Waals surface area contributed by atoms with Gasteiger partial charge in [-0.05, 0) is 0 Å². The van der Waals surface area contributed by atoms with E-state index in [0.29, 0.717) is 0 Å². The number of aromatic nitrogens is 4. The topological polar surface area (TPSA) is 186 Å². The maximum absolute atomic E-state index is 11.6. The molecule has 12 nitrogen and oxygen atoms in total. The number of nitrogens with one attached hydrogen (secondary N) is 1. The van der Waals surface area contributed by atoms with Gasteiger partial charge in [-0.1, -0.05) is 0 Å². The molecule has 0 spiro atoms. The summed E-state index contributed by atoms with van der Waals surface area (Å²) in [4.78, 5) is 42.6. The number of hydrogen-bond donors (Lipinski definition) is 3. The predicted molar refractivity (Wildman–Crippen MR) is 73.4 cm³/mol. The first-order valence-electron chi connectivity index (χ1n) is 6.36. The fraction of sp³-hybridized carbons (Fsp3) is 0.500. The maximum atomic E-state index is 11.6. The number of aromatic amines is 1. The van der Waals surface area contributed by atoms with Crippen molar-refractivity contribution in [1.82, 2.24) is 19.5 Å². The molecular weight excluding hydrogens is 375 g/mol. The third-order valence-electron chi connectivity index (χ3n) is 3.37. The van der Waals surface area contributed by atoms with Crippen molar-refractivity contribution in [1.29, 1.82) is 0 Å². The Balaban J connectivity index is 0.00000208. The van der Waals surface area contributed by atoms with Gasteiger partial charge in [-0.25, -0.2) is 9.97 Å². The molecule has 1 fully saturated rings. The zero-order valence-electron chi connectivity index (χ0n) is 12.0. The molecule has 0 bridgehead atoms. The van der Waals surface area contributed by atoms with E-state index in [-0.39, 0.29) is 48.9 Å². The Bertz CT molecular complexity index is 821. The fourth-order valence-electron chi connectivity index (χ4n) is 2.31. The number of phosphoric acid groups is 1. The van der Waals surface area contributed by atoms with Crippen LogP contribution in [-0.2, 0) is 13.8 Å². The van der Waals surface area contributed by atoms with Gasteiger partial charge >= 0.3 is 37.7 Å². The summed E-state index contributed by atoms with van der Waals surface area (Å²) in [6.07, 6.45) is -3.11. The summed E-state index contributed by atoms with van der Waals surface area (Å²) in [5.74, 6) is 0. The van der Waals surface area contributed by atoms with Gasteiger partial charge in [0.1, 0.15) is 18.3 Å². The molecule has 3 heterocycles. The van der Waals surface area contributed by atoms with Gasteiger partial charge in [-0.3, -0.25) is 9.36 Å². The molecule has 3 rings (SSSR count). The number of rotatable bonds is 4. The summed E-state index contributed by atoms with van der Waals surface area (Å²) in [7, 11) is -5.24. The third-order valence-corrected chi connectivity index (χ3v) is 3.84. The van der Waals surface area contributed by atoms with E-state index in [4.69, 9.17) is 4.74 Å². The Kier molecular flexibility index (Phi) is 6.19. The normalized spacial score (nSPS) is 27.3. The van der Waals surface area contributed by atoms with Gasteiger partial charge in [0.15, 0.2) is 17.4 Å². The summed E-state index contributed by atoms with van der Waals surface area (Å²) in [5, 5.41) is 19.9. The summed E-state index contributed by atoms with van der Waals surface area (Å²) in [5.41, 5.74) is -0.397. The van der Waals surface area contributed by atoms with Crippen LogP contribution in [0.2, 0.25) is 0 Å². The van der Waals surface area contributed by atoms with Crippen LogP contribution in [0.3, 0.4) is 0 Å². The molecule has 0 saturated carbocycles. The van der Waals surface area contributed by atoms with Crippen molar-refractivity contribution in [3.05, 3.63) is 23.0 Å². The van der Waals surface area contributed by atoms with Crippen molar-refractivity contribution in [3.63, 3.8) is 0 Å². The maximum Gasteiger partial charge on any atom is 2.00 e. The monoisotopic (exact) mass is 386 g/mol. The minimum atomic E-state index is -5.24. The van der Waals surface area contributed by atoms with Gasteiger partial charge in [-0.15, -0.1) is 0 Å². The van der Waals surface area contributed by atoms with E-state index in [1.807, 2.05) is 0 Å². The van der Waals surface area contributed by atoms with Crippen LogP contribution in [0.5, 0.6) is 0 Å². The average Bonchev–Trinajstić information content (AvgIpc) is 3.01. The molecule has 24 heavy (non-hydrogen) atoms. The van der Waals surface area contributed by atoms with Crippen molar-refractivity contribution in [2.24, 2.45) is 0 Å². The van der Waals surface area contributed by atoms with Gasteiger partial charge in [-0.2, -0.15) is 0 Å². The Hall–Kier alpha value is -0.400. The van der Waals surface area contributed by atoms with Crippen molar-refractivity contribution < 1.29 is 33.8 Å². The van der Waals surface area contributed by atoms with Crippen LogP contribution in [0.15, 0.2) is 17.4 Å². The minimum absolute atomic E-state index is 0. The van der Waals surface area contributed by atoms with Crippen LogP contribution in [0.4, 0.5) is 0 Å². The first-order valence-corrected chi connectivity index (χ1v) is 7.82. The molecule has 1 saturated heterocycles. The number of phosphoric ester groups is 1. The molecule has 0 unspecified atom stereocenters. The standard InChI is InChI=1S/C10H13N4O8P.Ca/c15-6-4(1-21-23(18,19)20)22-10(7(6)16)14-3-13-5-8(14)11-2-12-9(5)17;/h2-4,6-7,10,15-16H,1H2,(H,11,12,17)(H2,18,19,20);/q;+2/p-2/t4-,6-,7-,10-;/m1./s1. The minimum Gasteiger partial charge on any atom is -0.790 e. The van der Waals surface area contributed by atoms with Crippen molar-refractivity contribution in [3.8, 4) is 0 Å². The molecule has 1 aliphatic heterocycles. The number of aliphatic hydroxyl groups is 2. The van der Waals surface area contributed by atoms with E-state index in [1.165, 1.54) is 10.9 Å². The smallest absolute Gasteiger partial charge is 0.790 e. The molecule has 126 valence electrons. The van der Waals surface area contributed by atoms with Gasteiger partial charge in [0.05, 0.1) is 27.1 Å². The van der Waals surface area contributed by atoms with Crippen LogP contribution in [0.25, 0.3) is 11.2 Å². The third kappa shape index (κ3) is 3.88. The molecular formula is C10H11CaN4O8P. The van der Waals surface area contributed by atoms with Crippen LogP contribution < -0.4 is 15.3 Å². The number of ether oxygens (including phenoxy) is 1. The Labute approximate surface area is 163 Å². The Morgan fingerprint density at radius 2 is 2.08 bits per heavy atom. The number of hydrogen-bond acceptors (Lipinski definition) is 10. The molecule has 0 amide bonds. The van der Waals surface area contributed by atoms with E-state index >= 15 is 0 Å². The zero-order chi connectivity index (χ0) is 16.8. The van der Waals surface area contributed by atoms with Crippen LogP contribution in [0, 0.1) is 0 Å². The summed E-state index contributed by atoms with van der Waals surface area (Å²) < 4.78 is 21.1. The molecule has 0 aliphatic carbocycles. The Morgan fingerprint density at radius 1 is 1.38 bits per heavy atom. The van der Waals surface area contributed by atoms with Crippen LogP contribution in [-0.4, -0.2) is 92.4 Å². The van der Waals surface area contributed by atoms with Gasteiger partial charge < -0.3 is 38.8 Å². The summed E-state index contributed by atoms with van der Waals surface area (Å²) in [6, 6.07) is 0. The average molecular weight is 386 g/mol. The molecule has 0 radical (unpaired) electrons. The summed E-state index contributed by atoms with van der Waals surface area (Å²) >= 11 is 0. The molecule has 0 aromatic carbocycles. The molecule has 3 N–H and O–H groups in total. The van der Waals surface area contributed by atoms with Crippen LogP contribution in [0.1, 0.15) is 6.23 Å². The van der Waals surface area contributed by atoms with E-state index in [1.54, 1.807) is 0 Å². The summed E-state index contributed by atoms with van der Waals surface area (Å²) in [6.45, 7) is -0.750. The number of aliphatic hydroxyl groups excluding tert-OH is 2. The number of H-pyrrole nitrogens is 1. The van der Waals surface area contributed by atoms with Crippen LogP contribution >= 0.6 is 7.82 Å². The Morgan fingerprint density at radius 3 is 2.75 bits per heavy atom. The largest absolute Gasteiger partial charge is 2.00 e. The van der Waals surface area contributed by atoms with E-state index in [0.717, 1.165) is 6.33 Å². The first kappa shape index (κ1) is 19.9. The predicted octanol–water partition coefficient (Wildman–Crippen LogP) is -3.80.